The fourth-order valence-electron chi connectivity index (χ4n) is 2.13. The standard InChI is InChI=1S/C17H29ClN2S/c1-4-5-6-7-8-11-19-17-20-16(13-21-17)10-9-15(18)12-14(2)3/h9-10,14H,4-8,11-13H2,1-3H3,(H,19,20)/p+1/b15-9+,16-10+. The molecular formula is C17H30ClN2S+. The number of thioether (sulfide) groups is 1. The summed E-state index contributed by atoms with van der Waals surface area (Å²) < 4.78 is 0. The lowest BCUT2D eigenvalue weighted by Crippen LogP contribution is -2.74. The number of nitrogens with one attached hydrogen (secondary N) is 2. The molecule has 0 saturated carbocycles. The summed E-state index contributed by atoms with van der Waals surface area (Å²) in [5.74, 6) is 1.61. The third-order valence-corrected chi connectivity index (χ3v) is 4.55. The van der Waals surface area contributed by atoms with E-state index in [1.54, 1.807) is 0 Å². The van der Waals surface area contributed by atoms with Crippen LogP contribution in [0.5, 0.6) is 0 Å². The highest BCUT2D eigenvalue weighted by Gasteiger charge is 2.19. The minimum absolute atomic E-state index is 0.606. The first kappa shape index (κ1) is 18.6. The average molecular weight is 330 g/mol. The van der Waals surface area contributed by atoms with Gasteiger partial charge in [-0.3, -0.25) is 4.99 Å². The summed E-state index contributed by atoms with van der Waals surface area (Å²) >= 11 is 8.03. The normalized spacial score (nSPS) is 19.8. The summed E-state index contributed by atoms with van der Waals surface area (Å²) in [6, 6.07) is 0. The predicted molar refractivity (Wildman–Crippen MR) is 96.7 cm³/mol. The molecule has 1 fully saturated rings. The van der Waals surface area contributed by atoms with Crippen molar-refractivity contribution in [1.82, 2.24) is 5.32 Å². The van der Waals surface area contributed by atoms with Crippen LogP contribution < -0.4 is 10.3 Å². The van der Waals surface area contributed by atoms with Gasteiger partial charge in [-0.05, 0) is 49.1 Å². The Bertz CT molecular complexity index is 386. The van der Waals surface area contributed by atoms with Crippen molar-refractivity contribution >= 4 is 28.5 Å². The molecule has 0 aromatic rings. The molecule has 0 spiro atoms. The van der Waals surface area contributed by atoms with Gasteiger partial charge in [0.05, 0.1) is 12.3 Å². The van der Waals surface area contributed by atoms with Crippen LogP contribution in [0.1, 0.15) is 59.3 Å². The van der Waals surface area contributed by atoms with Gasteiger partial charge in [-0.1, -0.05) is 51.6 Å². The lowest BCUT2D eigenvalue weighted by atomic mass is 10.1. The molecule has 0 aromatic heterocycles. The van der Waals surface area contributed by atoms with Gasteiger partial charge in [0.15, 0.2) is 0 Å². The van der Waals surface area contributed by atoms with E-state index in [2.05, 4.69) is 37.2 Å². The van der Waals surface area contributed by atoms with Gasteiger partial charge in [0, 0.05) is 5.03 Å². The Morgan fingerprint density at radius 2 is 2.10 bits per heavy atom. The topological polar surface area (TPSA) is 26.0 Å². The van der Waals surface area contributed by atoms with Gasteiger partial charge in [0.2, 0.25) is 0 Å². The van der Waals surface area contributed by atoms with E-state index in [0.29, 0.717) is 5.92 Å². The van der Waals surface area contributed by atoms with Crippen molar-refractivity contribution in [2.24, 2.45) is 5.92 Å². The Morgan fingerprint density at radius 3 is 2.81 bits per heavy atom. The lowest BCUT2D eigenvalue weighted by molar-refractivity contribution is -0.456. The monoisotopic (exact) mass is 329 g/mol. The molecule has 1 aliphatic heterocycles. The third kappa shape index (κ3) is 9.26. The number of hydrogen-bond donors (Lipinski definition) is 2. The van der Waals surface area contributed by atoms with Crippen LogP contribution >= 0.6 is 23.4 Å². The number of rotatable bonds is 9. The second-order valence-electron chi connectivity index (χ2n) is 5.99. The lowest BCUT2D eigenvalue weighted by Gasteiger charge is -2.00. The largest absolute Gasteiger partial charge is 0.309 e. The smallest absolute Gasteiger partial charge is 0.269 e. The first-order valence-corrected chi connectivity index (χ1v) is 9.54. The van der Waals surface area contributed by atoms with Crippen LogP contribution in [0.4, 0.5) is 0 Å². The van der Waals surface area contributed by atoms with Crippen LogP contribution in [0.3, 0.4) is 0 Å². The van der Waals surface area contributed by atoms with Crippen molar-refractivity contribution in [2.45, 2.75) is 59.3 Å². The minimum Gasteiger partial charge on any atom is -0.269 e. The van der Waals surface area contributed by atoms with Crippen molar-refractivity contribution in [3.8, 4) is 0 Å². The first-order chi connectivity index (χ1) is 10.1. The Labute approximate surface area is 139 Å². The molecule has 1 saturated heterocycles. The number of unbranched alkanes of at least 4 members (excludes halogenated alkanes) is 4. The van der Waals surface area contributed by atoms with Crippen molar-refractivity contribution in [2.75, 3.05) is 12.3 Å². The van der Waals surface area contributed by atoms with E-state index in [0.717, 1.165) is 23.8 Å². The summed E-state index contributed by atoms with van der Waals surface area (Å²) in [7, 11) is 0. The van der Waals surface area contributed by atoms with Gasteiger partial charge < -0.3 is 0 Å². The average Bonchev–Trinajstić information content (AvgIpc) is 2.88. The quantitative estimate of drug-likeness (QED) is 0.629. The van der Waals surface area contributed by atoms with Crippen molar-refractivity contribution < 1.29 is 4.99 Å². The van der Waals surface area contributed by atoms with E-state index in [4.69, 9.17) is 11.6 Å². The number of allylic oxidation sites excluding steroid dienone is 3. The molecule has 21 heavy (non-hydrogen) atoms. The van der Waals surface area contributed by atoms with Crippen LogP contribution in [-0.2, 0) is 0 Å². The van der Waals surface area contributed by atoms with Gasteiger partial charge in [-0.25, -0.2) is 5.32 Å². The highest BCUT2D eigenvalue weighted by Crippen LogP contribution is 2.17. The van der Waals surface area contributed by atoms with Gasteiger partial charge in [0.1, 0.15) is 5.70 Å². The molecule has 0 amide bonds. The molecule has 1 rings (SSSR count). The van der Waals surface area contributed by atoms with E-state index in [1.165, 1.54) is 43.0 Å². The molecular weight excluding hydrogens is 300 g/mol. The maximum Gasteiger partial charge on any atom is 0.309 e. The summed E-state index contributed by atoms with van der Waals surface area (Å²) in [5, 5.41) is 5.55. The molecule has 120 valence electrons. The highest BCUT2D eigenvalue weighted by molar-refractivity contribution is 8.14. The predicted octanol–water partition coefficient (Wildman–Crippen LogP) is 3.78. The first-order valence-electron chi connectivity index (χ1n) is 8.17. The van der Waals surface area contributed by atoms with E-state index >= 15 is 0 Å². The Kier molecular flexibility index (Phi) is 9.94. The van der Waals surface area contributed by atoms with E-state index in [1.807, 2.05) is 17.8 Å². The number of hydrogen-bond acceptors (Lipinski definition) is 1. The molecule has 1 heterocycles. The number of amidine groups is 1. The zero-order valence-electron chi connectivity index (χ0n) is 13.7. The molecule has 0 unspecified atom stereocenters. The Morgan fingerprint density at radius 1 is 1.33 bits per heavy atom. The van der Waals surface area contributed by atoms with Gasteiger partial charge >= 0.3 is 5.17 Å². The van der Waals surface area contributed by atoms with Crippen LogP contribution in [-0.4, -0.2) is 17.5 Å². The zero-order chi connectivity index (χ0) is 15.5. The van der Waals surface area contributed by atoms with E-state index < -0.39 is 0 Å². The second-order valence-corrected chi connectivity index (χ2v) is 7.46. The second kappa shape index (κ2) is 11.2. The molecule has 0 aliphatic carbocycles. The zero-order valence-corrected chi connectivity index (χ0v) is 15.2. The van der Waals surface area contributed by atoms with E-state index in [-0.39, 0.29) is 0 Å². The molecule has 1 aliphatic rings. The Balaban J connectivity index is 2.28. The SMILES string of the molecule is CCCCCCC[NH+]=C1N/C(=C/C=C(/Cl)CC(C)C)CS1. The molecule has 0 atom stereocenters. The summed E-state index contributed by atoms with van der Waals surface area (Å²) in [6.45, 7) is 7.69. The van der Waals surface area contributed by atoms with Crippen molar-refractivity contribution in [3.05, 3.63) is 22.9 Å². The van der Waals surface area contributed by atoms with Gasteiger partial charge in [0.25, 0.3) is 0 Å². The Hall–Kier alpha value is -0.410. The molecule has 4 heteroatoms. The highest BCUT2D eigenvalue weighted by atomic mass is 35.5. The van der Waals surface area contributed by atoms with Gasteiger partial charge in [-0.2, -0.15) is 0 Å². The maximum atomic E-state index is 6.19. The molecule has 2 N–H and O–H groups in total. The molecule has 0 bridgehead atoms. The summed E-state index contributed by atoms with van der Waals surface area (Å²) in [5.41, 5.74) is 1.23. The van der Waals surface area contributed by atoms with Crippen LogP contribution in [0.25, 0.3) is 0 Å². The van der Waals surface area contributed by atoms with Crippen molar-refractivity contribution in [1.29, 1.82) is 0 Å². The summed E-state index contributed by atoms with van der Waals surface area (Å²) in [6.07, 6.45) is 11.7. The molecule has 0 radical (unpaired) electrons. The third-order valence-electron chi connectivity index (χ3n) is 3.28. The van der Waals surface area contributed by atoms with E-state index in [9.17, 15) is 0 Å². The van der Waals surface area contributed by atoms with Crippen molar-refractivity contribution in [3.63, 3.8) is 0 Å². The molecule has 0 aromatic carbocycles. The fraction of sp³-hybridized carbons (Fsp3) is 0.706. The number of halogens is 1. The maximum absolute atomic E-state index is 6.19. The summed E-state index contributed by atoms with van der Waals surface area (Å²) in [4.78, 5) is 3.48. The fourth-order valence-corrected chi connectivity index (χ4v) is 3.38. The van der Waals surface area contributed by atoms with Crippen LogP contribution in [0.15, 0.2) is 22.9 Å². The van der Waals surface area contributed by atoms with Crippen LogP contribution in [0.2, 0.25) is 0 Å². The van der Waals surface area contributed by atoms with Crippen LogP contribution in [0, 0.1) is 5.92 Å². The molecule has 2 nitrogen and oxygen atoms in total. The van der Waals surface area contributed by atoms with Gasteiger partial charge in [-0.15, -0.1) is 0 Å². The minimum atomic E-state index is 0.606.